The van der Waals surface area contributed by atoms with E-state index in [0.29, 0.717) is 17.1 Å². The van der Waals surface area contributed by atoms with E-state index in [2.05, 4.69) is 5.32 Å². The molecule has 0 fully saturated rings. The Kier molecular flexibility index (Phi) is 3.34. The first-order valence-corrected chi connectivity index (χ1v) is 4.17. The van der Waals surface area contributed by atoms with Crippen LogP contribution in [0.3, 0.4) is 0 Å². The Morgan fingerprint density at radius 2 is 2.00 bits per heavy atom. The lowest BCUT2D eigenvalue weighted by atomic mass is 10.2. The van der Waals surface area contributed by atoms with Gasteiger partial charge < -0.3 is 14.8 Å². The van der Waals surface area contributed by atoms with Crippen molar-refractivity contribution in [2.45, 2.75) is 0 Å². The van der Waals surface area contributed by atoms with Gasteiger partial charge in [-0.15, -0.1) is 0 Å². The molecule has 0 aliphatic rings. The number of carbonyl (C=O) groups excluding carboxylic acids is 1. The molecule has 0 saturated heterocycles. The summed E-state index contributed by atoms with van der Waals surface area (Å²) in [4.78, 5) is 11.4. The quantitative estimate of drug-likeness (QED) is 0.784. The van der Waals surface area contributed by atoms with E-state index < -0.39 is 0 Å². The van der Waals surface area contributed by atoms with Crippen molar-refractivity contribution < 1.29 is 14.3 Å². The first-order chi connectivity index (χ1) is 6.72. The third-order valence-corrected chi connectivity index (χ3v) is 1.88. The Labute approximate surface area is 82.8 Å². The Morgan fingerprint density at radius 1 is 1.29 bits per heavy atom. The maximum atomic E-state index is 11.4. The van der Waals surface area contributed by atoms with Gasteiger partial charge in [-0.2, -0.15) is 0 Å². The Hall–Kier alpha value is -1.71. The van der Waals surface area contributed by atoms with Crippen molar-refractivity contribution in [3.63, 3.8) is 0 Å². The Balaban J connectivity index is 3.14. The summed E-state index contributed by atoms with van der Waals surface area (Å²) >= 11 is 0. The molecule has 0 aliphatic heterocycles. The summed E-state index contributed by atoms with van der Waals surface area (Å²) in [5, 5.41) is 2.53. The predicted octanol–water partition coefficient (Wildman–Crippen LogP) is 1.06. The second-order valence-electron chi connectivity index (χ2n) is 2.65. The molecule has 76 valence electrons. The van der Waals surface area contributed by atoms with Crippen molar-refractivity contribution in [3.8, 4) is 11.5 Å². The van der Waals surface area contributed by atoms with Gasteiger partial charge >= 0.3 is 0 Å². The molecule has 14 heavy (non-hydrogen) atoms. The molecule has 0 aromatic heterocycles. The van der Waals surface area contributed by atoms with Gasteiger partial charge in [0.1, 0.15) is 11.5 Å². The molecule has 1 amide bonds. The van der Waals surface area contributed by atoms with Gasteiger partial charge in [0.2, 0.25) is 0 Å². The van der Waals surface area contributed by atoms with Crippen LogP contribution in [0.2, 0.25) is 0 Å². The number of hydrogen-bond donors (Lipinski definition) is 1. The average molecular weight is 195 g/mol. The molecule has 1 aromatic rings. The summed E-state index contributed by atoms with van der Waals surface area (Å²) in [6.45, 7) is 0. The molecular weight excluding hydrogens is 182 g/mol. The van der Waals surface area contributed by atoms with Gasteiger partial charge in [-0.25, -0.2) is 0 Å². The van der Waals surface area contributed by atoms with Crippen LogP contribution in [0, 0.1) is 0 Å². The molecular formula is C10H13NO3. The summed E-state index contributed by atoms with van der Waals surface area (Å²) in [6.07, 6.45) is 0. The third-order valence-electron chi connectivity index (χ3n) is 1.88. The molecule has 0 bridgehead atoms. The summed E-state index contributed by atoms with van der Waals surface area (Å²) in [5.41, 5.74) is 0.467. The van der Waals surface area contributed by atoms with E-state index in [0.717, 1.165) is 0 Å². The molecule has 0 heterocycles. The second-order valence-corrected chi connectivity index (χ2v) is 2.65. The van der Waals surface area contributed by atoms with E-state index in [1.165, 1.54) is 7.11 Å². The molecule has 0 unspecified atom stereocenters. The molecule has 1 rings (SSSR count). The van der Waals surface area contributed by atoms with Crippen molar-refractivity contribution in [1.82, 2.24) is 5.32 Å². The van der Waals surface area contributed by atoms with Gasteiger partial charge in [-0.3, -0.25) is 4.79 Å². The highest BCUT2D eigenvalue weighted by atomic mass is 16.5. The van der Waals surface area contributed by atoms with Crippen LogP contribution in [-0.2, 0) is 0 Å². The summed E-state index contributed by atoms with van der Waals surface area (Å²) in [6, 6.07) is 5.08. The van der Waals surface area contributed by atoms with Gasteiger partial charge in [0.25, 0.3) is 5.91 Å². The largest absolute Gasteiger partial charge is 0.497 e. The van der Waals surface area contributed by atoms with E-state index in [9.17, 15) is 4.79 Å². The van der Waals surface area contributed by atoms with Gasteiger partial charge in [0, 0.05) is 7.05 Å². The number of nitrogens with one attached hydrogen (secondary N) is 1. The zero-order chi connectivity index (χ0) is 10.6. The minimum atomic E-state index is -0.194. The van der Waals surface area contributed by atoms with Crippen LogP contribution in [0.15, 0.2) is 18.2 Å². The first-order valence-electron chi connectivity index (χ1n) is 4.17. The van der Waals surface area contributed by atoms with E-state index in [4.69, 9.17) is 9.47 Å². The molecule has 0 aliphatic carbocycles. The molecule has 0 radical (unpaired) electrons. The fraction of sp³-hybridized carbons (Fsp3) is 0.300. The molecule has 1 aromatic carbocycles. The predicted molar refractivity (Wildman–Crippen MR) is 52.9 cm³/mol. The van der Waals surface area contributed by atoms with Crippen molar-refractivity contribution >= 4 is 5.91 Å². The van der Waals surface area contributed by atoms with Crippen LogP contribution in [-0.4, -0.2) is 27.2 Å². The van der Waals surface area contributed by atoms with Crippen LogP contribution < -0.4 is 14.8 Å². The monoisotopic (exact) mass is 195 g/mol. The van der Waals surface area contributed by atoms with Crippen molar-refractivity contribution in [3.05, 3.63) is 23.8 Å². The number of hydrogen-bond acceptors (Lipinski definition) is 3. The standard InChI is InChI=1S/C10H13NO3/c1-11-10(12)8-6-7(13-2)4-5-9(8)14-3/h4-6H,1-3H3,(H,11,12). The Morgan fingerprint density at radius 3 is 2.50 bits per heavy atom. The first kappa shape index (κ1) is 10.4. The average Bonchev–Trinajstić information content (AvgIpc) is 2.27. The summed E-state index contributed by atoms with van der Waals surface area (Å²) < 4.78 is 10.1. The zero-order valence-corrected chi connectivity index (χ0v) is 8.46. The second kappa shape index (κ2) is 4.50. The summed E-state index contributed by atoms with van der Waals surface area (Å²) in [5.74, 6) is 0.968. The fourth-order valence-corrected chi connectivity index (χ4v) is 1.13. The van der Waals surface area contributed by atoms with Crippen LogP contribution >= 0.6 is 0 Å². The van der Waals surface area contributed by atoms with Crippen LogP contribution in [0.5, 0.6) is 11.5 Å². The van der Waals surface area contributed by atoms with Crippen molar-refractivity contribution in [1.29, 1.82) is 0 Å². The third kappa shape index (κ3) is 1.96. The molecule has 0 saturated carbocycles. The minimum absolute atomic E-state index is 0.194. The molecule has 4 nitrogen and oxygen atoms in total. The highest BCUT2D eigenvalue weighted by Crippen LogP contribution is 2.23. The topological polar surface area (TPSA) is 47.6 Å². The van der Waals surface area contributed by atoms with E-state index in [1.54, 1.807) is 32.4 Å². The zero-order valence-electron chi connectivity index (χ0n) is 8.46. The van der Waals surface area contributed by atoms with Gasteiger partial charge in [-0.1, -0.05) is 0 Å². The maximum Gasteiger partial charge on any atom is 0.254 e. The molecule has 0 spiro atoms. The van der Waals surface area contributed by atoms with E-state index in [-0.39, 0.29) is 5.91 Å². The number of methoxy groups -OCH3 is 2. The number of ether oxygens (including phenoxy) is 2. The maximum absolute atomic E-state index is 11.4. The number of rotatable bonds is 3. The molecule has 1 N–H and O–H groups in total. The van der Waals surface area contributed by atoms with Crippen LogP contribution in [0.25, 0.3) is 0 Å². The SMILES string of the molecule is CNC(=O)c1cc(OC)ccc1OC. The minimum Gasteiger partial charge on any atom is -0.497 e. The smallest absolute Gasteiger partial charge is 0.254 e. The van der Waals surface area contributed by atoms with E-state index >= 15 is 0 Å². The van der Waals surface area contributed by atoms with Crippen LogP contribution in [0.4, 0.5) is 0 Å². The molecule has 4 heteroatoms. The van der Waals surface area contributed by atoms with Gasteiger partial charge in [0.15, 0.2) is 0 Å². The lowest BCUT2D eigenvalue weighted by Crippen LogP contribution is -2.18. The number of benzene rings is 1. The highest BCUT2D eigenvalue weighted by Gasteiger charge is 2.11. The summed E-state index contributed by atoms with van der Waals surface area (Å²) in [7, 11) is 4.64. The fourth-order valence-electron chi connectivity index (χ4n) is 1.13. The lowest BCUT2D eigenvalue weighted by molar-refractivity contribution is 0.0959. The van der Waals surface area contributed by atoms with Crippen molar-refractivity contribution in [2.24, 2.45) is 0 Å². The molecule has 0 atom stereocenters. The number of amides is 1. The lowest BCUT2D eigenvalue weighted by Gasteiger charge is -2.08. The number of carbonyl (C=O) groups is 1. The normalized spacial score (nSPS) is 9.36. The van der Waals surface area contributed by atoms with E-state index in [1.807, 2.05) is 0 Å². The van der Waals surface area contributed by atoms with Crippen LogP contribution in [0.1, 0.15) is 10.4 Å². The highest BCUT2D eigenvalue weighted by molar-refractivity contribution is 5.97. The van der Waals surface area contributed by atoms with Crippen molar-refractivity contribution in [2.75, 3.05) is 21.3 Å². The van der Waals surface area contributed by atoms with Gasteiger partial charge in [-0.05, 0) is 18.2 Å². The van der Waals surface area contributed by atoms with Gasteiger partial charge in [0.05, 0.1) is 19.8 Å². The Bertz CT molecular complexity index is 336.